The van der Waals surface area contributed by atoms with E-state index in [1.54, 1.807) is 30.6 Å². The third-order valence-electron chi connectivity index (χ3n) is 4.10. The lowest BCUT2D eigenvalue weighted by atomic mass is 10.1. The summed E-state index contributed by atoms with van der Waals surface area (Å²) in [6, 6.07) is 15.0. The van der Waals surface area contributed by atoms with Gasteiger partial charge in [0.25, 0.3) is 0 Å². The van der Waals surface area contributed by atoms with Gasteiger partial charge in [-0.25, -0.2) is 9.97 Å². The Morgan fingerprint density at radius 1 is 1.10 bits per heavy atom. The Morgan fingerprint density at radius 3 is 2.83 bits per heavy atom. The van der Waals surface area contributed by atoms with Crippen LogP contribution in [0.15, 0.2) is 67.3 Å². The number of ether oxygens (including phenoxy) is 1. The van der Waals surface area contributed by atoms with Gasteiger partial charge in [0.2, 0.25) is 0 Å². The largest absolute Gasteiger partial charge is 0.454 e. The normalized spacial score (nSPS) is 10.3. The molecule has 0 saturated heterocycles. The first-order valence-electron chi connectivity index (χ1n) is 9.11. The van der Waals surface area contributed by atoms with Crippen molar-refractivity contribution in [2.24, 2.45) is 0 Å². The van der Waals surface area contributed by atoms with Gasteiger partial charge in [0.15, 0.2) is 0 Å². The summed E-state index contributed by atoms with van der Waals surface area (Å²) in [7, 11) is 0. The summed E-state index contributed by atoms with van der Waals surface area (Å²) in [6.45, 7) is 2.02. The van der Waals surface area contributed by atoms with Crippen LogP contribution in [0.5, 0.6) is 11.5 Å². The molecule has 4 rings (SSSR count). The lowest BCUT2D eigenvalue weighted by Gasteiger charge is -2.11. The maximum absolute atomic E-state index is 6.41. The topological polar surface area (TPSA) is 59.9 Å². The molecule has 0 aliphatic heterocycles. The molecular weight excluding hydrogens is 384 g/mol. The molecule has 142 valence electrons. The maximum atomic E-state index is 6.41. The fourth-order valence-corrected chi connectivity index (χ4v) is 2.98. The van der Waals surface area contributed by atoms with Crippen LogP contribution >= 0.6 is 11.6 Å². The summed E-state index contributed by atoms with van der Waals surface area (Å²) in [4.78, 5) is 12.8. The van der Waals surface area contributed by atoms with E-state index in [0.717, 1.165) is 28.6 Å². The second kappa shape index (κ2) is 8.59. The number of halogens is 1. The summed E-state index contributed by atoms with van der Waals surface area (Å²) < 4.78 is 5.77. The smallest absolute Gasteiger partial charge is 0.146 e. The second-order valence-corrected chi connectivity index (χ2v) is 6.58. The van der Waals surface area contributed by atoms with Crippen LogP contribution in [0.2, 0.25) is 5.02 Å². The number of fused-ring (bicyclic) bond motifs is 1. The van der Waals surface area contributed by atoms with Crippen molar-refractivity contribution in [1.29, 1.82) is 0 Å². The van der Waals surface area contributed by atoms with E-state index in [2.05, 4.69) is 32.1 Å². The lowest BCUT2D eigenvalue weighted by molar-refractivity contribution is 0.480. The van der Waals surface area contributed by atoms with Gasteiger partial charge in [0.05, 0.1) is 16.7 Å². The molecule has 2 heterocycles. The van der Waals surface area contributed by atoms with Crippen molar-refractivity contribution >= 4 is 34.0 Å². The Morgan fingerprint density at radius 2 is 2.03 bits per heavy atom. The third-order valence-corrected chi connectivity index (χ3v) is 4.40. The molecule has 4 aromatic rings. The average Bonchev–Trinajstić information content (AvgIpc) is 2.75. The molecule has 0 atom stereocenters. The molecule has 5 nitrogen and oxygen atoms in total. The van der Waals surface area contributed by atoms with E-state index in [1.807, 2.05) is 37.3 Å². The van der Waals surface area contributed by atoms with E-state index in [1.165, 1.54) is 6.33 Å². The van der Waals surface area contributed by atoms with Crippen LogP contribution in [-0.2, 0) is 0 Å². The van der Waals surface area contributed by atoms with Crippen LogP contribution in [0, 0.1) is 11.8 Å². The van der Waals surface area contributed by atoms with E-state index in [4.69, 9.17) is 16.3 Å². The molecule has 0 radical (unpaired) electrons. The monoisotopic (exact) mass is 400 g/mol. The molecule has 0 unspecified atom stereocenters. The van der Waals surface area contributed by atoms with Crippen LogP contribution in [0.3, 0.4) is 0 Å². The van der Waals surface area contributed by atoms with Crippen molar-refractivity contribution in [3.63, 3.8) is 0 Å². The van der Waals surface area contributed by atoms with Crippen LogP contribution < -0.4 is 10.1 Å². The second-order valence-electron chi connectivity index (χ2n) is 6.17. The standard InChI is InChI=1S/C23H17ClN4O/c1-2-3-5-16-7-9-21-19(12-16)23(27-15-26-21)28-17-8-10-22(20(24)13-17)29-18-6-4-11-25-14-18/h4,6-15H,2H2,1H3,(H,26,27,28). The zero-order valence-corrected chi connectivity index (χ0v) is 16.4. The van der Waals surface area contributed by atoms with Gasteiger partial charge in [-0.1, -0.05) is 30.4 Å². The number of anilines is 2. The van der Waals surface area contributed by atoms with Crippen molar-refractivity contribution in [3.8, 4) is 23.3 Å². The summed E-state index contributed by atoms with van der Waals surface area (Å²) >= 11 is 6.41. The molecule has 0 amide bonds. The number of aromatic nitrogens is 3. The first kappa shape index (κ1) is 18.7. The Bertz CT molecular complexity index is 1220. The highest BCUT2D eigenvalue weighted by Crippen LogP contribution is 2.33. The molecule has 0 aliphatic rings. The average molecular weight is 401 g/mol. The minimum absolute atomic E-state index is 0.478. The summed E-state index contributed by atoms with van der Waals surface area (Å²) in [5, 5.41) is 4.68. The number of hydrogen-bond donors (Lipinski definition) is 1. The molecule has 2 aromatic heterocycles. The number of nitrogens with one attached hydrogen (secondary N) is 1. The fourth-order valence-electron chi connectivity index (χ4n) is 2.76. The van der Waals surface area contributed by atoms with E-state index >= 15 is 0 Å². The molecule has 29 heavy (non-hydrogen) atoms. The van der Waals surface area contributed by atoms with Crippen molar-refractivity contribution in [2.75, 3.05) is 5.32 Å². The number of benzene rings is 2. The molecule has 0 bridgehead atoms. The van der Waals surface area contributed by atoms with Crippen molar-refractivity contribution < 1.29 is 4.74 Å². The molecule has 0 spiro atoms. The highest BCUT2D eigenvalue weighted by Gasteiger charge is 2.08. The van der Waals surface area contributed by atoms with Gasteiger partial charge in [-0.05, 0) is 48.5 Å². The minimum Gasteiger partial charge on any atom is -0.454 e. The van der Waals surface area contributed by atoms with E-state index < -0.39 is 0 Å². The summed E-state index contributed by atoms with van der Waals surface area (Å²) in [5.74, 6) is 8.09. The number of rotatable bonds is 4. The fraction of sp³-hybridized carbons (Fsp3) is 0.0870. The number of nitrogens with zero attached hydrogens (tertiary/aromatic N) is 3. The van der Waals surface area contributed by atoms with Gasteiger partial charge in [-0.2, -0.15) is 0 Å². The third kappa shape index (κ3) is 4.45. The Kier molecular flexibility index (Phi) is 5.55. The van der Waals surface area contributed by atoms with Crippen molar-refractivity contribution in [2.45, 2.75) is 13.3 Å². The Hall–Kier alpha value is -3.62. The predicted molar refractivity (Wildman–Crippen MR) is 116 cm³/mol. The molecule has 0 saturated carbocycles. The predicted octanol–water partition coefficient (Wildman–Crippen LogP) is 5.98. The molecule has 0 fully saturated rings. The highest BCUT2D eigenvalue weighted by molar-refractivity contribution is 6.32. The van der Waals surface area contributed by atoms with Crippen LogP contribution in [0.1, 0.15) is 18.9 Å². The summed E-state index contributed by atoms with van der Waals surface area (Å²) in [6.07, 6.45) is 5.66. The van der Waals surface area contributed by atoms with E-state index in [-0.39, 0.29) is 0 Å². The van der Waals surface area contributed by atoms with E-state index in [0.29, 0.717) is 22.3 Å². The maximum Gasteiger partial charge on any atom is 0.146 e. The van der Waals surface area contributed by atoms with Crippen LogP contribution in [0.25, 0.3) is 10.9 Å². The zero-order valence-electron chi connectivity index (χ0n) is 15.7. The SMILES string of the molecule is CCC#Cc1ccc2ncnc(Nc3ccc(Oc4cccnc4)c(Cl)c3)c2c1. The van der Waals surface area contributed by atoms with Gasteiger partial charge in [0.1, 0.15) is 23.6 Å². The Balaban J connectivity index is 1.62. The molecular formula is C23H17ClN4O. The molecule has 1 N–H and O–H groups in total. The molecule has 6 heteroatoms. The number of hydrogen-bond acceptors (Lipinski definition) is 5. The van der Waals surface area contributed by atoms with Gasteiger partial charge in [-0.3, -0.25) is 4.98 Å². The number of pyridine rings is 1. The molecule has 2 aromatic carbocycles. The quantitative estimate of drug-likeness (QED) is 0.427. The minimum atomic E-state index is 0.478. The van der Waals surface area contributed by atoms with Gasteiger partial charge in [-0.15, -0.1) is 0 Å². The summed E-state index contributed by atoms with van der Waals surface area (Å²) in [5.41, 5.74) is 2.56. The first-order valence-corrected chi connectivity index (χ1v) is 9.49. The van der Waals surface area contributed by atoms with Gasteiger partial charge in [0, 0.05) is 29.3 Å². The van der Waals surface area contributed by atoms with Gasteiger partial charge >= 0.3 is 0 Å². The zero-order chi connectivity index (χ0) is 20.1. The van der Waals surface area contributed by atoms with Crippen molar-refractivity contribution in [3.05, 3.63) is 77.8 Å². The lowest BCUT2D eigenvalue weighted by Crippen LogP contribution is -1.97. The first-order chi connectivity index (χ1) is 14.2. The van der Waals surface area contributed by atoms with Gasteiger partial charge < -0.3 is 10.1 Å². The Labute approximate surface area is 173 Å². The van der Waals surface area contributed by atoms with E-state index in [9.17, 15) is 0 Å². The highest BCUT2D eigenvalue weighted by atomic mass is 35.5. The molecule has 0 aliphatic carbocycles. The van der Waals surface area contributed by atoms with Crippen LogP contribution in [-0.4, -0.2) is 15.0 Å². The van der Waals surface area contributed by atoms with Crippen molar-refractivity contribution in [1.82, 2.24) is 15.0 Å². The van der Waals surface area contributed by atoms with Crippen LogP contribution in [0.4, 0.5) is 11.5 Å².